The zero-order valence-electron chi connectivity index (χ0n) is 21.1. The number of carbonyl (C=O) groups excluding carboxylic acids is 1. The maximum absolute atomic E-state index is 13.7. The average Bonchev–Trinajstić information content (AvgIpc) is 2.92. The molecule has 1 fully saturated rings. The number of nitrogens with zero attached hydrogens (tertiary/aromatic N) is 3. The molecule has 0 saturated carbocycles. The highest BCUT2D eigenvalue weighted by atomic mass is 32.2. The van der Waals surface area contributed by atoms with Crippen LogP contribution in [-0.2, 0) is 21.2 Å². The lowest BCUT2D eigenvalue weighted by atomic mass is 10.1. The lowest BCUT2D eigenvalue weighted by molar-refractivity contribution is -0.131. The Labute approximate surface area is 218 Å². The molecule has 1 saturated heterocycles. The first kappa shape index (κ1) is 26.6. The van der Waals surface area contributed by atoms with E-state index in [1.165, 1.54) is 29.6 Å². The molecule has 0 aliphatic carbocycles. The van der Waals surface area contributed by atoms with Gasteiger partial charge in [-0.05, 0) is 66.9 Å². The lowest BCUT2D eigenvalue weighted by Gasteiger charge is -2.37. The molecule has 1 amide bonds. The van der Waals surface area contributed by atoms with Gasteiger partial charge >= 0.3 is 0 Å². The summed E-state index contributed by atoms with van der Waals surface area (Å²) in [5.74, 6) is 0.0759. The van der Waals surface area contributed by atoms with Crippen molar-refractivity contribution in [2.24, 2.45) is 0 Å². The number of aryl methyl sites for hydroxylation is 1. The summed E-state index contributed by atoms with van der Waals surface area (Å²) >= 11 is 0. The van der Waals surface area contributed by atoms with Crippen molar-refractivity contribution >= 4 is 21.6 Å². The van der Waals surface area contributed by atoms with Crippen molar-refractivity contribution in [2.75, 3.05) is 51.3 Å². The van der Waals surface area contributed by atoms with Gasteiger partial charge in [0.25, 0.3) is 0 Å². The largest absolute Gasteiger partial charge is 0.496 e. The van der Waals surface area contributed by atoms with Crippen LogP contribution < -0.4 is 9.64 Å². The maximum atomic E-state index is 13.7. The summed E-state index contributed by atoms with van der Waals surface area (Å²) in [6, 6.07) is 20.6. The summed E-state index contributed by atoms with van der Waals surface area (Å²) in [5, 5.41) is 0. The van der Waals surface area contributed by atoms with Gasteiger partial charge in [-0.15, -0.1) is 0 Å². The average molecular weight is 526 g/mol. The molecule has 9 heteroatoms. The molecule has 1 aliphatic rings. The van der Waals surface area contributed by atoms with Crippen molar-refractivity contribution < 1.29 is 22.3 Å². The molecular weight excluding hydrogens is 493 g/mol. The van der Waals surface area contributed by atoms with Crippen molar-refractivity contribution in [1.82, 2.24) is 9.21 Å². The van der Waals surface area contributed by atoms with Crippen LogP contribution in [0.4, 0.5) is 10.1 Å². The van der Waals surface area contributed by atoms with Gasteiger partial charge in [-0.1, -0.05) is 30.3 Å². The van der Waals surface area contributed by atoms with Crippen LogP contribution in [0.5, 0.6) is 5.75 Å². The number of anilines is 1. The molecule has 0 aromatic heterocycles. The van der Waals surface area contributed by atoms with E-state index in [4.69, 9.17) is 4.74 Å². The number of ether oxygens (including phenoxy) is 1. The predicted octanol–water partition coefficient (Wildman–Crippen LogP) is 3.72. The number of hydrogen-bond donors (Lipinski definition) is 0. The highest BCUT2D eigenvalue weighted by Gasteiger charge is 2.30. The molecule has 3 aromatic carbocycles. The molecule has 7 nitrogen and oxygen atoms in total. The van der Waals surface area contributed by atoms with E-state index in [1.54, 1.807) is 36.1 Å². The van der Waals surface area contributed by atoms with Crippen molar-refractivity contribution in [3.63, 3.8) is 0 Å². The summed E-state index contributed by atoms with van der Waals surface area (Å²) in [4.78, 5) is 17.2. The summed E-state index contributed by atoms with van der Waals surface area (Å²) in [6.45, 7) is 3.83. The van der Waals surface area contributed by atoms with Crippen LogP contribution >= 0.6 is 0 Å². The Balaban J connectivity index is 1.48. The van der Waals surface area contributed by atoms with Gasteiger partial charge in [0.2, 0.25) is 15.9 Å². The van der Waals surface area contributed by atoms with Gasteiger partial charge in [-0.3, -0.25) is 4.79 Å². The van der Waals surface area contributed by atoms with E-state index in [0.717, 1.165) is 11.3 Å². The fourth-order valence-corrected chi connectivity index (χ4v) is 5.94. The summed E-state index contributed by atoms with van der Waals surface area (Å²) in [5.41, 5.74) is 2.60. The second kappa shape index (κ2) is 11.7. The maximum Gasteiger partial charge on any atom is 0.243 e. The fraction of sp³-hybridized carbons (Fsp3) is 0.321. The molecule has 196 valence electrons. The second-order valence-electron chi connectivity index (χ2n) is 9.05. The van der Waals surface area contributed by atoms with Crippen LogP contribution in [0.1, 0.15) is 11.1 Å². The van der Waals surface area contributed by atoms with Gasteiger partial charge in [-0.2, -0.15) is 4.31 Å². The molecule has 0 spiro atoms. The number of carbonyl (C=O) groups is 1. The molecular formula is C28H32FN3O4S. The lowest BCUT2D eigenvalue weighted by Crippen LogP contribution is -2.52. The van der Waals surface area contributed by atoms with E-state index in [1.807, 2.05) is 30.3 Å². The Morgan fingerprint density at radius 3 is 2.27 bits per heavy atom. The van der Waals surface area contributed by atoms with E-state index in [9.17, 15) is 17.6 Å². The van der Waals surface area contributed by atoms with Crippen molar-refractivity contribution in [1.29, 1.82) is 0 Å². The van der Waals surface area contributed by atoms with Crippen molar-refractivity contribution in [3.05, 3.63) is 89.7 Å². The first-order valence-corrected chi connectivity index (χ1v) is 13.7. The quantitative estimate of drug-likeness (QED) is 0.426. The van der Waals surface area contributed by atoms with Gasteiger partial charge in [0.1, 0.15) is 11.6 Å². The minimum Gasteiger partial charge on any atom is -0.496 e. The highest BCUT2D eigenvalue weighted by molar-refractivity contribution is 7.89. The minimum absolute atomic E-state index is 0.132. The Morgan fingerprint density at radius 2 is 1.65 bits per heavy atom. The van der Waals surface area contributed by atoms with Gasteiger partial charge in [0.15, 0.2) is 0 Å². The first-order valence-electron chi connectivity index (χ1n) is 12.2. The molecule has 0 radical (unpaired) electrons. The van der Waals surface area contributed by atoms with E-state index in [2.05, 4.69) is 4.90 Å². The van der Waals surface area contributed by atoms with Crippen molar-refractivity contribution in [2.45, 2.75) is 18.2 Å². The predicted molar refractivity (Wildman–Crippen MR) is 142 cm³/mol. The number of sulfonamides is 1. The van der Waals surface area contributed by atoms with E-state index < -0.39 is 10.0 Å². The third kappa shape index (κ3) is 6.47. The standard InChI is InChI=1S/C28H32FN3O4S/c1-22-20-26(12-13-27(22)36-2)37(34,35)32(15-14-23-6-4-3-5-7-23)21-28(33)31-18-16-30(17-19-31)25-10-8-24(29)9-11-25/h3-13,20H,14-19,21H2,1-2H3. The molecule has 0 unspecified atom stereocenters. The monoisotopic (exact) mass is 525 g/mol. The first-order chi connectivity index (χ1) is 17.8. The van der Waals surface area contributed by atoms with Crippen LogP contribution in [0.15, 0.2) is 77.7 Å². The van der Waals surface area contributed by atoms with Crippen molar-refractivity contribution in [3.8, 4) is 5.75 Å². The van der Waals surface area contributed by atoms with Gasteiger partial charge in [0.05, 0.1) is 18.6 Å². The Hall–Kier alpha value is -3.43. The molecule has 3 aromatic rings. The topological polar surface area (TPSA) is 70.2 Å². The molecule has 1 aliphatic heterocycles. The van der Waals surface area contributed by atoms with Gasteiger partial charge < -0.3 is 14.5 Å². The molecule has 4 rings (SSSR count). The number of rotatable bonds is 9. The Bertz CT molecular complexity index is 1310. The highest BCUT2D eigenvalue weighted by Crippen LogP contribution is 2.24. The smallest absolute Gasteiger partial charge is 0.243 e. The fourth-order valence-electron chi connectivity index (χ4n) is 4.46. The van der Waals surface area contributed by atoms with E-state index >= 15 is 0 Å². The van der Waals surface area contributed by atoms with Crippen LogP contribution in [0, 0.1) is 12.7 Å². The third-order valence-electron chi connectivity index (χ3n) is 6.63. The molecule has 37 heavy (non-hydrogen) atoms. The Kier molecular flexibility index (Phi) is 8.45. The zero-order valence-corrected chi connectivity index (χ0v) is 22.0. The molecule has 0 atom stereocenters. The normalized spacial score (nSPS) is 14.2. The number of halogens is 1. The number of hydrogen-bond acceptors (Lipinski definition) is 5. The molecule has 0 N–H and O–H groups in total. The van der Waals surface area contributed by atoms with Crippen LogP contribution in [0.2, 0.25) is 0 Å². The van der Waals surface area contributed by atoms with Gasteiger partial charge in [0, 0.05) is 38.4 Å². The molecule has 0 bridgehead atoms. The second-order valence-corrected chi connectivity index (χ2v) is 11.0. The minimum atomic E-state index is -3.93. The number of piperazine rings is 1. The number of methoxy groups -OCH3 is 1. The van der Waals surface area contributed by atoms with E-state index in [-0.39, 0.29) is 29.7 Å². The number of benzene rings is 3. The summed E-state index contributed by atoms with van der Waals surface area (Å²) in [6.07, 6.45) is 0.487. The third-order valence-corrected chi connectivity index (χ3v) is 8.47. The van der Waals surface area contributed by atoms with Crippen LogP contribution in [-0.4, -0.2) is 69.9 Å². The Morgan fingerprint density at radius 1 is 0.973 bits per heavy atom. The van der Waals surface area contributed by atoms with E-state index in [0.29, 0.717) is 43.9 Å². The number of amides is 1. The SMILES string of the molecule is COc1ccc(S(=O)(=O)N(CCc2ccccc2)CC(=O)N2CCN(c3ccc(F)cc3)CC2)cc1C. The zero-order chi connectivity index (χ0) is 26.4. The van der Waals surface area contributed by atoms with Gasteiger partial charge in [-0.25, -0.2) is 12.8 Å². The molecule has 1 heterocycles. The van der Waals surface area contributed by atoms with Crippen LogP contribution in [0.3, 0.4) is 0 Å². The summed E-state index contributed by atoms with van der Waals surface area (Å²) in [7, 11) is -2.39. The van der Waals surface area contributed by atoms with Crippen LogP contribution in [0.25, 0.3) is 0 Å². The summed E-state index contributed by atoms with van der Waals surface area (Å²) < 4.78 is 47.1.